The van der Waals surface area contributed by atoms with Crippen molar-refractivity contribution in [3.63, 3.8) is 0 Å². The topological polar surface area (TPSA) is 62.2 Å². The van der Waals surface area contributed by atoms with Crippen LogP contribution >= 0.6 is 0 Å². The average Bonchev–Trinajstić information content (AvgIpc) is 2.24. The van der Waals surface area contributed by atoms with Gasteiger partial charge in [-0.2, -0.15) is 0 Å². The van der Waals surface area contributed by atoms with Gasteiger partial charge in [0.05, 0.1) is 0 Å². The van der Waals surface area contributed by atoms with Crippen LogP contribution in [0.1, 0.15) is 37.2 Å². The zero-order valence-electron chi connectivity index (χ0n) is 9.73. The third-order valence-corrected chi connectivity index (χ3v) is 2.25. The standard InChI is InChI=1S/C12H18N2O2/c1-9(2)5-3-8-14-12(16)11-10(15)6-4-7-13-11/h4,6-7,9,15H,3,5,8H2,1-2H3,(H,14,16). The highest BCUT2D eigenvalue weighted by Crippen LogP contribution is 2.12. The second-order valence-corrected chi connectivity index (χ2v) is 4.16. The molecular weight excluding hydrogens is 204 g/mol. The van der Waals surface area contributed by atoms with Crippen LogP contribution in [0.3, 0.4) is 0 Å². The predicted molar refractivity (Wildman–Crippen MR) is 62.3 cm³/mol. The fraction of sp³-hybridized carbons (Fsp3) is 0.500. The zero-order chi connectivity index (χ0) is 12.0. The Kier molecular flexibility index (Phi) is 4.76. The first-order valence-corrected chi connectivity index (χ1v) is 5.53. The number of nitrogens with zero attached hydrogens (tertiary/aromatic N) is 1. The van der Waals surface area contributed by atoms with Crippen molar-refractivity contribution in [2.75, 3.05) is 6.54 Å². The van der Waals surface area contributed by atoms with E-state index in [1.807, 2.05) is 0 Å². The van der Waals surface area contributed by atoms with Crippen LogP contribution < -0.4 is 5.32 Å². The summed E-state index contributed by atoms with van der Waals surface area (Å²) in [5.41, 5.74) is 0.0899. The van der Waals surface area contributed by atoms with Gasteiger partial charge in [-0.25, -0.2) is 4.98 Å². The molecule has 0 aliphatic rings. The van der Waals surface area contributed by atoms with Gasteiger partial charge in [-0.05, 0) is 30.9 Å². The largest absolute Gasteiger partial charge is 0.505 e. The Labute approximate surface area is 95.7 Å². The van der Waals surface area contributed by atoms with E-state index in [2.05, 4.69) is 24.1 Å². The summed E-state index contributed by atoms with van der Waals surface area (Å²) in [6.07, 6.45) is 3.51. The molecule has 0 atom stereocenters. The van der Waals surface area contributed by atoms with Crippen LogP contribution in [-0.4, -0.2) is 22.5 Å². The van der Waals surface area contributed by atoms with Gasteiger partial charge in [-0.3, -0.25) is 4.79 Å². The van der Waals surface area contributed by atoms with E-state index in [4.69, 9.17) is 0 Å². The van der Waals surface area contributed by atoms with Crippen molar-refractivity contribution in [2.45, 2.75) is 26.7 Å². The second-order valence-electron chi connectivity index (χ2n) is 4.16. The van der Waals surface area contributed by atoms with Crippen LogP contribution in [0, 0.1) is 5.92 Å². The molecule has 0 aromatic carbocycles. The van der Waals surface area contributed by atoms with Gasteiger partial charge in [-0.1, -0.05) is 13.8 Å². The highest BCUT2D eigenvalue weighted by atomic mass is 16.3. The number of rotatable bonds is 5. The van der Waals surface area contributed by atoms with E-state index in [-0.39, 0.29) is 17.4 Å². The van der Waals surface area contributed by atoms with Gasteiger partial charge in [0.25, 0.3) is 5.91 Å². The number of aromatic hydroxyl groups is 1. The molecule has 4 nitrogen and oxygen atoms in total. The van der Waals surface area contributed by atoms with Crippen LogP contribution in [0.2, 0.25) is 0 Å². The molecule has 0 saturated heterocycles. The third kappa shape index (κ3) is 3.88. The van der Waals surface area contributed by atoms with Crippen LogP contribution in [0.4, 0.5) is 0 Å². The van der Waals surface area contributed by atoms with Crippen LogP contribution in [0.25, 0.3) is 0 Å². The number of amides is 1. The molecule has 1 rings (SSSR count). The second kappa shape index (κ2) is 6.10. The third-order valence-electron chi connectivity index (χ3n) is 2.25. The summed E-state index contributed by atoms with van der Waals surface area (Å²) in [6.45, 7) is 4.91. The number of nitrogens with one attached hydrogen (secondary N) is 1. The van der Waals surface area contributed by atoms with Crippen molar-refractivity contribution in [3.8, 4) is 5.75 Å². The Morgan fingerprint density at radius 2 is 2.31 bits per heavy atom. The van der Waals surface area contributed by atoms with Crippen molar-refractivity contribution >= 4 is 5.91 Å². The molecule has 0 fully saturated rings. The van der Waals surface area contributed by atoms with Crippen LogP contribution in [-0.2, 0) is 0 Å². The molecule has 0 radical (unpaired) electrons. The molecule has 0 aliphatic carbocycles. The molecule has 0 spiro atoms. The Balaban J connectivity index is 2.39. The molecule has 88 valence electrons. The van der Waals surface area contributed by atoms with Gasteiger partial charge in [0.15, 0.2) is 5.69 Å². The Morgan fingerprint density at radius 1 is 1.56 bits per heavy atom. The number of hydrogen-bond donors (Lipinski definition) is 2. The fourth-order valence-electron chi connectivity index (χ4n) is 1.37. The van der Waals surface area contributed by atoms with Gasteiger partial charge in [-0.15, -0.1) is 0 Å². The van der Waals surface area contributed by atoms with Gasteiger partial charge in [0.1, 0.15) is 5.75 Å². The van der Waals surface area contributed by atoms with Gasteiger partial charge >= 0.3 is 0 Å². The summed E-state index contributed by atoms with van der Waals surface area (Å²) in [5, 5.41) is 12.1. The number of carbonyl (C=O) groups is 1. The molecule has 1 aromatic heterocycles. The highest BCUT2D eigenvalue weighted by Gasteiger charge is 2.10. The minimum absolute atomic E-state index is 0.0798. The molecule has 1 heterocycles. The first-order chi connectivity index (χ1) is 7.61. The van der Waals surface area contributed by atoms with E-state index in [1.54, 1.807) is 6.07 Å². The lowest BCUT2D eigenvalue weighted by Crippen LogP contribution is -2.25. The lowest BCUT2D eigenvalue weighted by atomic mass is 10.1. The number of hydrogen-bond acceptors (Lipinski definition) is 3. The summed E-state index contributed by atoms with van der Waals surface area (Å²) in [5.74, 6) is 0.242. The molecule has 0 aliphatic heterocycles. The van der Waals surface area contributed by atoms with Gasteiger partial charge < -0.3 is 10.4 Å². The quantitative estimate of drug-likeness (QED) is 0.748. The molecular formula is C12H18N2O2. The van der Waals surface area contributed by atoms with Gasteiger partial charge in [0, 0.05) is 12.7 Å². The maximum Gasteiger partial charge on any atom is 0.273 e. The van der Waals surface area contributed by atoms with E-state index in [0.29, 0.717) is 12.5 Å². The highest BCUT2D eigenvalue weighted by molar-refractivity contribution is 5.94. The Bertz CT molecular complexity index is 351. The number of pyridine rings is 1. The average molecular weight is 222 g/mol. The monoisotopic (exact) mass is 222 g/mol. The van der Waals surface area contributed by atoms with E-state index in [0.717, 1.165) is 12.8 Å². The predicted octanol–water partition coefficient (Wildman–Crippen LogP) is 1.95. The van der Waals surface area contributed by atoms with Crippen molar-refractivity contribution in [1.82, 2.24) is 10.3 Å². The van der Waals surface area contributed by atoms with Crippen LogP contribution in [0.15, 0.2) is 18.3 Å². The van der Waals surface area contributed by atoms with E-state index in [1.165, 1.54) is 12.3 Å². The summed E-state index contributed by atoms with van der Waals surface area (Å²) in [7, 11) is 0. The lowest BCUT2D eigenvalue weighted by Gasteiger charge is -2.07. The van der Waals surface area contributed by atoms with Crippen molar-refractivity contribution in [2.24, 2.45) is 5.92 Å². The molecule has 1 amide bonds. The SMILES string of the molecule is CC(C)CCCNC(=O)c1ncccc1O. The van der Waals surface area contributed by atoms with Crippen molar-refractivity contribution < 1.29 is 9.90 Å². The molecule has 0 saturated carbocycles. The number of carbonyl (C=O) groups excluding carboxylic acids is 1. The molecule has 2 N–H and O–H groups in total. The molecule has 16 heavy (non-hydrogen) atoms. The smallest absolute Gasteiger partial charge is 0.273 e. The summed E-state index contributed by atoms with van der Waals surface area (Å²) >= 11 is 0. The minimum atomic E-state index is -0.318. The van der Waals surface area contributed by atoms with Crippen molar-refractivity contribution in [1.29, 1.82) is 0 Å². The lowest BCUT2D eigenvalue weighted by molar-refractivity contribution is 0.0944. The van der Waals surface area contributed by atoms with E-state index < -0.39 is 0 Å². The summed E-state index contributed by atoms with van der Waals surface area (Å²) in [6, 6.07) is 3.04. The maximum absolute atomic E-state index is 11.6. The van der Waals surface area contributed by atoms with E-state index in [9.17, 15) is 9.90 Å². The Hall–Kier alpha value is -1.58. The molecule has 1 aromatic rings. The first kappa shape index (κ1) is 12.5. The zero-order valence-corrected chi connectivity index (χ0v) is 9.73. The minimum Gasteiger partial charge on any atom is -0.505 e. The molecule has 0 unspecified atom stereocenters. The Morgan fingerprint density at radius 3 is 2.94 bits per heavy atom. The number of aromatic nitrogens is 1. The fourth-order valence-corrected chi connectivity index (χ4v) is 1.37. The van der Waals surface area contributed by atoms with E-state index >= 15 is 0 Å². The maximum atomic E-state index is 11.6. The summed E-state index contributed by atoms with van der Waals surface area (Å²) < 4.78 is 0. The molecule has 4 heteroatoms. The normalized spacial score (nSPS) is 10.4. The van der Waals surface area contributed by atoms with Crippen molar-refractivity contribution in [3.05, 3.63) is 24.0 Å². The molecule has 0 bridgehead atoms. The van der Waals surface area contributed by atoms with Gasteiger partial charge in [0.2, 0.25) is 0 Å². The van der Waals surface area contributed by atoms with Crippen LogP contribution in [0.5, 0.6) is 5.75 Å². The summed E-state index contributed by atoms with van der Waals surface area (Å²) in [4.78, 5) is 15.4. The first-order valence-electron chi connectivity index (χ1n) is 5.53.